The van der Waals surface area contributed by atoms with E-state index in [1.165, 1.54) is 19.3 Å². The maximum Gasteiger partial charge on any atom is 0.229 e. The third kappa shape index (κ3) is 4.44. The molecular weight excluding hydrogens is 192 g/mol. The van der Waals surface area contributed by atoms with Gasteiger partial charge in [0.2, 0.25) is 17.8 Å². The number of nitrogens with zero attached hydrogens (tertiary/aromatic N) is 3. The van der Waals surface area contributed by atoms with Crippen LogP contribution in [0.15, 0.2) is 0 Å². The Morgan fingerprint density at radius 3 is 2.27 bits per heavy atom. The van der Waals surface area contributed by atoms with Gasteiger partial charge in [0.05, 0.1) is 0 Å². The van der Waals surface area contributed by atoms with E-state index in [0.717, 1.165) is 13.0 Å². The molecule has 0 amide bonds. The molecule has 0 aliphatic rings. The molecule has 0 spiro atoms. The minimum absolute atomic E-state index is 0.151. The molecule has 0 saturated carbocycles. The molecule has 0 aliphatic carbocycles. The Labute approximate surface area is 89.5 Å². The van der Waals surface area contributed by atoms with Crippen molar-refractivity contribution in [3.05, 3.63) is 0 Å². The topological polar surface area (TPSA) is 103 Å². The number of nitrogen functional groups attached to an aromatic ring is 2. The Balaban J connectivity index is 2.31. The van der Waals surface area contributed by atoms with Crippen LogP contribution in [0.1, 0.15) is 32.6 Å². The van der Waals surface area contributed by atoms with E-state index >= 15 is 0 Å². The molecule has 1 rings (SSSR count). The minimum Gasteiger partial charge on any atom is -0.368 e. The van der Waals surface area contributed by atoms with Crippen LogP contribution in [0, 0.1) is 0 Å². The summed E-state index contributed by atoms with van der Waals surface area (Å²) in [5.41, 5.74) is 10.9. The molecule has 0 saturated heterocycles. The van der Waals surface area contributed by atoms with Gasteiger partial charge in [-0.25, -0.2) is 0 Å². The van der Waals surface area contributed by atoms with Crippen molar-refractivity contribution in [3.63, 3.8) is 0 Å². The summed E-state index contributed by atoms with van der Waals surface area (Å²) in [6, 6.07) is 0. The number of rotatable bonds is 6. The highest BCUT2D eigenvalue weighted by Gasteiger charge is 1.99. The summed E-state index contributed by atoms with van der Waals surface area (Å²) in [6.07, 6.45) is 4.79. The van der Waals surface area contributed by atoms with Gasteiger partial charge in [-0.15, -0.1) is 0 Å². The van der Waals surface area contributed by atoms with Gasteiger partial charge in [0.15, 0.2) is 0 Å². The van der Waals surface area contributed by atoms with E-state index in [9.17, 15) is 0 Å². The highest BCUT2D eigenvalue weighted by molar-refractivity contribution is 5.36. The van der Waals surface area contributed by atoms with Gasteiger partial charge in [-0.05, 0) is 6.42 Å². The summed E-state index contributed by atoms with van der Waals surface area (Å²) in [4.78, 5) is 11.5. The molecule has 6 nitrogen and oxygen atoms in total. The lowest BCUT2D eigenvalue weighted by Gasteiger charge is -2.04. The van der Waals surface area contributed by atoms with E-state index in [2.05, 4.69) is 27.2 Å². The molecule has 0 unspecified atom stereocenters. The molecule has 5 N–H and O–H groups in total. The van der Waals surface area contributed by atoms with Crippen LogP contribution in [0.4, 0.5) is 17.8 Å². The van der Waals surface area contributed by atoms with E-state index in [1.807, 2.05) is 0 Å². The molecule has 0 bridgehead atoms. The SMILES string of the molecule is CCCCCCNc1nc(N)nc(N)n1. The van der Waals surface area contributed by atoms with Crippen LogP contribution in [-0.4, -0.2) is 21.5 Å². The van der Waals surface area contributed by atoms with Crippen molar-refractivity contribution in [2.24, 2.45) is 0 Å². The first kappa shape index (κ1) is 11.5. The second-order valence-corrected chi connectivity index (χ2v) is 3.36. The second kappa shape index (κ2) is 6.00. The van der Waals surface area contributed by atoms with Crippen LogP contribution < -0.4 is 16.8 Å². The third-order valence-electron chi connectivity index (χ3n) is 1.98. The standard InChI is InChI=1S/C9H18N6/c1-2-3-4-5-6-12-9-14-7(10)13-8(11)15-9/h2-6H2,1H3,(H5,10,11,12,13,14,15). The van der Waals surface area contributed by atoms with Gasteiger partial charge in [-0.2, -0.15) is 15.0 Å². The summed E-state index contributed by atoms with van der Waals surface area (Å²) in [5, 5.41) is 3.06. The van der Waals surface area contributed by atoms with Gasteiger partial charge in [-0.3, -0.25) is 0 Å². The predicted molar refractivity (Wildman–Crippen MR) is 61.3 cm³/mol. The van der Waals surface area contributed by atoms with Crippen molar-refractivity contribution in [3.8, 4) is 0 Å². The van der Waals surface area contributed by atoms with Crippen molar-refractivity contribution in [2.75, 3.05) is 23.3 Å². The fourth-order valence-electron chi connectivity index (χ4n) is 1.24. The first-order valence-corrected chi connectivity index (χ1v) is 5.23. The van der Waals surface area contributed by atoms with Gasteiger partial charge >= 0.3 is 0 Å². The van der Waals surface area contributed by atoms with Gasteiger partial charge in [0.25, 0.3) is 0 Å². The van der Waals surface area contributed by atoms with E-state index in [4.69, 9.17) is 11.5 Å². The minimum atomic E-state index is 0.151. The summed E-state index contributed by atoms with van der Waals surface area (Å²) >= 11 is 0. The lowest BCUT2D eigenvalue weighted by atomic mass is 10.2. The fraction of sp³-hybridized carbons (Fsp3) is 0.667. The van der Waals surface area contributed by atoms with Gasteiger partial charge in [0, 0.05) is 6.54 Å². The Bertz CT molecular complexity index is 280. The Morgan fingerprint density at radius 2 is 1.67 bits per heavy atom. The molecule has 0 aliphatic heterocycles. The fourth-order valence-corrected chi connectivity index (χ4v) is 1.24. The van der Waals surface area contributed by atoms with Crippen LogP contribution >= 0.6 is 0 Å². The van der Waals surface area contributed by atoms with Crippen LogP contribution in [-0.2, 0) is 0 Å². The first-order valence-electron chi connectivity index (χ1n) is 5.23. The predicted octanol–water partition coefficient (Wildman–Crippen LogP) is 1.03. The van der Waals surface area contributed by atoms with Gasteiger partial charge in [0.1, 0.15) is 0 Å². The van der Waals surface area contributed by atoms with Crippen LogP contribution in [0.3, 0.4) is 0 Å². The van der Waals surface area contributed by atoms with Gasteiger partial charge < -0.3 is 16.8 Å². The smallest absolute Gasteiger partial charge is 0.229 e. The van der Waals surface area contributed by atoms with Crippen molar-refractivity contribution >= 4 is 17.8 Å². The van der Waals surface area contributed by atoms with Crippen LogP contribution in [0.5, 0.6) is 0 Å². The van der Waals surface area contributed by atoms with Crippen molar-refractivity contribution in [2.45, 2.75) is 32.6 Å². The summed E-state index contributed by atoms with van der Waals surface area (Å²) < 4.78 is 0. The Hall–Kier alpha value is -1.59. The molecule has 0 aromatic carbocycles. The maximum absolute atomic E-state index is 5.43. The Kier molecular flexibility index (Phi) is 4.59. The molecule has 0 atom stereocenters. The van der Waals surface area contributed by atoms with Crippen molar-refractivity contribution < 1.29 is 0 Å². The number of aromatic nitrogens is 3. The number of nitrogens with two attached hydrogens (primary N) is 2. The average Bonchev–Trinajstić information content (AvgIpc) is 2.16. The number of unbranched alkanes of at least 4 members (excludes halogenated alkanes) is 3. The monoisotopic (exact) mass is 210 g/mol. The summed E-state index contributed by atoms with van der Waals surface area (Å²) in [5.74, 6) is 0.758. The van der Waals surface area contributed by atoms with Crippen molar-refractivity contribution in [1.82, 2.24) is 15.0 Å². The van der Waals surface area contributed by atoms with E-state index in [-0.39, 0.29) is 11.9 Å². The zero-order valence-electron chi connectivity index (χ0n) is 9.03. The van der Waals surface area contributed by atoms with E-state index in [1.54, 1.807) is 0 Å². The average molecular weight is 210 g/mol. The number of anilines is 3. The summed E-state index contributed by atoms with van der Waals surface area (Å²) in [7, 11) is 0. The number of nitrogens with one attached hydrogen (secondary N) is 1. The lowest BCUT2D eigenvalue weighted by Crippen LogP contribution is -2.10. The molecule has 84 valence electrons. The molecule has 15 heavy (non-hydrogen) atoms. The molecule has 0 fully saturated rings. The molecule has 1 aromatic heterocycles. The largest absolute Gasteiger partial charge is 0.368 e. The van der Waals surface area contributed by atoms with E-state index in [0.29, 0.717) is 5.95 Å². The molecule has 1 aromatic rings. The first-order chi connectivity index (χ1) is 7.22. The highest BCUT2D eigenvalue weighted by atomic mass is 15.2. The summed E-state index contributed by atoms with van der Waals surface area (Å²) in [6.45, 7) is 3.02. The molecule has 1 heterocycles. The Morgan fingerprint density at radius 1 is 1.00 bits per heavy atom. The molecule has 0 radical (unpaired) electrons. The zero-order valence-corrected chi connectivity index (χ0v) is 9.03. The lowest BCUT2D eigenvalue weighted by molar-refractivity contribution is 0.683. The normalized spacial score (nSPS) is 10.2. The van der Waals surface area contributed by atoms with Crippen LogP contribution in [0.25, 0.3) is 0 Å². The van der Waals surface area contributed by atoms with Crippen LogP contribution in [0.2, 0.25) is 0 Å². The zero-order chi connectivity index (χ0) is 11.1. The van der Waals surface area contributed by atoms with Crippen molar-refractivity contribution in [1.29, 1.82) is 0 Å². The number of hydrogen-bond donors (Lipinski definition) is 3. The second-order valence-electron chi connectivity index (χ2n) is 3.36. The molecular formula is C9H18N6. The quantitative estimate of drug-likeness (QED) is 0.606. The highest BCUT2D eigenvalue weighted by Crippen LogP contribution is 2.04. The van der Waals surface area contributed by atoms with Gasteiger partial charge in [-0.1, -0.05) is 26.2 Å². The third-order valence-corrected chi connectivity index (χ3v) is 1.98. The number of hydrogen-bond acceptors (Lipinski definition) is 6. The van der Waals surface area contributed by atoms with E-state index < -0.39 is 0 Å². The maximum atomic E-state index is 5.43. The molecule has 6 heteroatoms.